The maximum atomic E-state index is 12.3. The molecule has 2 aromatic carbocycles. The Morgan fingerprint density at radius 3 is 2.54 bits per heavy atom. The van der Waals surface area contributed by atoms with Crippen LogP contribution in [0.5, 0.6) is 11.5 Å². The van der Waals surface area contributed by atoms with Gasteiger partial charge < -0.3 is 19.8 Å². The molecule has 3 aromatic rings. The summed E-state index contributed by atoms with van der Waals surface area (Å²) in [4.78, 5) is 15.7. The fourth-order valence-electron chi connectivity index (χ4n) is 2.74. The Balaban J connectivity index is 1.61. The minimum absolute atomic E-state index is 0.0765. The van der Waals surface area contributed by atoms with Crippen molar-refractivity contribution in [3.8, 4) is 22.8 Å². The van der Waals surface area contributed by atoms with E-state index in [2.05, 4.69) is 22.4 Å². The van der Waals surface area contributed by atoms with Gasteiger partial charge in [0.15, 0.2) is 0 Å². The van der Waals surface area contributed by atoms with Gasteiger partial charge in [-0.3, -0.25) is 4.79 Å². The van der Waals surface area contributed by atoms with Gasteiger partial charge in [0.05, 0.1) is 19.9 Å². The number of amides is 1. The van der Waals surface area contributed by atoms with Gasteiger partial charge in [0.1, 0.15) is 11.5 Å². The van der Waals surface area contributed by atoms with Crippen molar-refractivity contribution in [2.24, 2.45) is 0 Å². The van der Waals surface area contributed by atoms with Crippen molar-refractivity contribution >= 4 is 11.6 Å². The number of ether oxygens (including phenoxy) is 2. The highest BCUT2D eigenvalue weighted by atomic mass is 16.5. The third kappa shape index (κ3) is 4.25. The lowest BCUT2D eigenvalue weighted by atomic mass is 10.2. The lowest BCUT2D eigenvalue weighted by molar-refractivity contribution is -0.116. The van der Waals surface area contributed by atoms with Crippen molar-refractivity contribution in [1.29, 1.82) is 0 Å². The summed E-state index contributed by atoms with van der Waals surface area (Å²) >= 11 is 0. The zero-order chi connectivity index (χ0) is 18.4. The monoisotopic (exact) mass is 350 g/mol. The maximum Gasteiger partial charge on any atom is 0.224 e. The first-order chi connectivity index (χ1) is 12.7. The van der Waals surface area contributed by atoms with Gasteiger partial charge in [-0.05, 0) is 36.2 Å². The molecule has 0 aliphatic carbocycles. The van der Waals surface area contributed by atoms with Crippen LogP contribution in [-0.4, -0.2) is 25.1 Å². The second kappa shape index (κ2) is 8.25. The number of aromatic nitrogens is 1. The Hall–Kier alpha value is -3.21. The molecule has 0 atom stereocenters. The summed E-state index contributed by atoms with van der Waals surface area (Å²) in [6.07, 6.45) is 1.00. The van der Waals surface area contributed by atoms with Crippen LogP contribution >= 0.6 is 0 Å². The van der Waals surface area contributed by atoms with Crippen LogP contribution in [0, 0.1) is 0 Å². The van der Waals surface area contributed by atoms with Crippen LogP contribution in [0.15, 0.2) is 60.7 Å². The van der Waals surface area contributed by atoms with Crippen LogP contribution in [0.1, 0.15) is 12.1 Å². The van der Waals surface area contributed by atoms with E-state index in [0.717, 1.165) is 17.0 Å². The second-order valence-corrected chi connectivity index (χ2v) is 5.88. The Bertz CT molecular complexity index is 872. The van der Waals surface area contributed by atoms with E-state index >= 15 is 0 Å². The van der Waals surface area contributed by atoms with Gasteiger partial charge in [-0.15, -0.1) is 0 Å². The highest BCUT2D eigenvalue weighted by molar-refractivity contribution is 5.92. The number of benzene rings is 2. The molecule has 1 aromatic heterocycles. The van der Waals surface area contributed by atoms with Crippen molar-refractivity contribution in [2.75, 3.05) is 19.5 Å². The lowest BCUT2D eigenvalue weighted by Gasteiger charge is -2.11. The van der Waals surface area contributed by atoms with Crippen LogP contribution in [0.2, 0.25) is 0 Å². The second-order valence-electron chi connectivity index (χ2n) is 5.88. The molecule has 134 valence electrons. The van der Waals surface area contributed by atoms with Gasteiger partial charge in [-0.25, -0.2) is 0 Å². The first kappa shape index (κ1) is 17.6. The van der Waals surface area contributed by atoms with E-state index in [-0.39, 0.29) is 5.91 Å². The number of anilines is 1. The predicted molar refractivity (Wildman–Crippen MR) is 103 cm³/mol. The van der Waals surface area contributed by atoms with Crippen molar-refractivity contribution in [3.63, 3.8) is 0 Å². The number of H-pyrrole nitrogens is 1. The first-order valence-corrected chi connectivity index (χ1v) is 8.45. The van der Waals surface area contributed by atoms with Crippen LogP contribution < -0.4 is 14.8 Å². The number of methoxy groups -OCH3 is 2. The van der Waals surface area contributed by atoms with Crippen LogP contribution in [0.4, 0.5) is 5.69 Å². The zero-order valence-electron chi connectivity index (χ0n) is 14.9. The average Bonchev–Trinajstić information content (AvgIpc) is 3.16. The van der Waals surface area contributed by atoms with E-state index < -0.39 is 0 Å². The molecule has 5 nitrogen and oxygen atoms in total. The number of aryl methyl sites for hydroxylation is 1. The summed E-state index contributed by atoms with van der Waals surface area (Å²) in [7, 11) is 3.16. The van der Waals surface area contributed by atoms with Gasteiger partial charge in [-0.2, -0.15) is 0 Å². The molecule has 5 heteroatoms. The minimum atomic E-state index is -0.0765. The minimum Gasteiger partial charge on any atom is -0.497 e. The molecule has 0 aliphatic heterocycles. The van der Waals surface area contributed by atoms with Crippen molar-refractivity contribution < 1.29 is 14.3 Å². The average molecular weight is 350 g/mol. The van der Waals surface area contributed by atoms with Crippen LogP contribution in [0.25, 0.3) is 11.3 Å². The molecule has 0 aliphatic rings. The summed E-state index contributed by atoms with van der Waals surface area (Å²) in [5.74, 6) is 1.19. The van der Waals surface area contributed by atoms with Gasteiger partial charge in [0, 0.05) is 23.9 Å². The smallest absolute Gasteiger partial charge is 0.224 e. The van der Waals surface area contributed by atoms with E-state index in [1.54, 1.807) is 32.4 Å². The third-order valence-corrected chi connectivity index (χ3v) is 4.13. The Kier molecular flexibility index (Phi) is 5.59. The number of nitrogens with one attached hydrogen (secondary N) is 2. The number of carbonyl (C=O) groups is 1. The molecule has 0 fully saturated rings. The molecule has 26 heavy (non-hydrogen) atoms. The lowest BCUT2D eigenvalue weighted by Crippen LogP contribution is -2.13. The van der Waals surface area contributed by atoms with E-state index in [9.17, 15) is 4.79 Å². The number of aromatic amines is 1. The van der Waals surface area contributed by atoms with Crippen LogP contribution in [0.3, 0.4) is 0 Å². The summed E-state index contributed by atoms with van der Waals surface area (Å²) in [5, 5.41) is 2.89. The summed E-state index contributed by atoms with van der Waals surface area (Å²) in [6, 6.07) is 19.5. The third-order valence-electron chi connectivity index (χ3n) is 4.13. The van der Waals surface area contributed by atoms with Crippen molar-refractivity contribution in [3.05, 3.63) is 66.4 Å². The zero-order valence-corrected chi connectivity index (χ0v) is 14.9. The molecule has 0 spiro atoms. The maximum absolute atomic E-state index is 12.3. The first-order valence-electron chi connectivity index (χ1n) is 8.45. The van der Waals surface area contributed by atoms with Crippen molar-refractivity contribution in [2.45, 2.75) is 12.8 Å². The number of carbonyl (C=O) groups excluding carboxylic acids is 1. The number of rotatable bonds is 7. The Morgan fingerprint density at radius 2 is 1.81 bits per heavy atom. The normalized spacial score (nSPS) is 10.4. The summed E-state index contributed by atoms with van der Waals surface area (Å²) in [6.45, 7) is 0. The quantitative estimate of drug-likeness (QED) is 0.669. The van der Waals surface area contributed by atoms with Crippen molar-refractivity contribution in [1.82, 2.24) is 4.98 Å². The molecule has 3 rings (SSSR count). The van der Waals surface area contributed by atoms with E-state index in [0.29, 0.717) is 30.0 Å². The summed E-state index contributed by atoms with van der Waals surface area (Å²) in [5.41, 5.74) is 3.81. The molecule has 0 bridgehead atoms. The number of hydrogen-bond acceptors (Lipinski definition) is 3. The van der Waals surface area contributed by atoms with Gasteiger partial charge in [-0.1, -0.05) is 30.3 Å². The molecule has 0 saturated carbocycles. The van der Waals surface area contributed by atoms with Gasteiger partial charge in [0.2, 0.25) is 5.91 Å². The SMILES string of the molecule is COc1ccc(OC)c(NC(=O)CCc2ccc(-c3ccccc3)[nH]2)c1. The molecule has 1 heterocycles. The fraction of sp³-hybridized carbons (Fsp3) is 0.190. The number of hydrogen-bond donors (Lipinski definition) is 2. The van der Waals surface area contributed by atoms with E-state index in [1.165, 1.54) is 0 Å². The topological polar surface area (TPSA) is 63.4 Å². The molecule has 1 amide bonds. The molecular formula is C21H22N2O3. The summed E-state index contributed by atoms with van der Waals surface area (Å²) < 4.78 is 10.5. The van der Waals surface area contributed by atoms with Gasteiger partial charge in [0.25, 0.3) is 0 Å². The van der Waals surface area contributed by atoms with E-state index in [1.807, 2.05) is 30.3 Å². The molecule has 0 radical (unpaired) electrons. The predicted octanol–water partition coefficient (Wildman–Crippen LogP) is 4.27. The largest absolute Gasteiger partial charge is 0.497 e. The van der Waals surface area contributed by atoms with Gasteiger partial charge >= 0.3 is 0 Å². The molecule has 0 saturated heterocycles. The van der Waals surface area contributed by atoms with E-state index in [4.69, 9.17) is 9.47 Å². The van der Waals surface area contributed by atoms with Crippen LogP contribution in [-0.2, 0) is 11.2 Å². The Labute approximate surface area is 153 Å². The molecule has 2 N–H and O–H groups in total. The standard InChI is InChI=1S/C21H22N2O3/c1-25-17-10-12-20(26-2)19(14-17)23-21(24)13-9-16-8-11-18(22-16)15-6-4-3-5-7-15/h3-8,10-12,14,22H,9,13H2,1-2H3,(H,23,24). The molecular weight excluding hydrogens is 328 g/mol. The fourth-order valence-corrected chi connectivity index (χ4v) is 2.74. The highest BCUT2D eigenvalue weighted by Gasteiger charge is 2.10. The highest BCUT2D eigenvalue weighted by Crippen LogP contribution is 2.29. The Morgan fingerprint density at radius 1 is 1.00 bits per heavy atom. The molecule has 0 unspecified atom stereocenters.